The molecule has 0 atom stereocenters. The van der Waals surface area contributed by atoms with Gasteiger partial charge in [-0.3, -0.25) is 0 Å². The molecule has 134 valence electrons. The van der Waals surface area contributed by atoms with Crippen LogP contribution in [0.15, 0.2) is 48.5 Å². The molecule has 0 bridgehead atoms. The molecule has 1 N–H and O–H groups in total. The second-order valence-corrected chi connectivity index (χ2v) is 6.56. The van der Waals surface area contributed by atoms with Gasteiger partial charge in [-0.15, -0.1) is 0 Å². The fourth-order valence-corrected chi connectivity index (χ4v) is 2.82. The SMILES string of the molecule is FC(F)(F)c1cc(-c2ccc(Cl)cc2)nc(Nc2cc(Cl)cc(Cl)c2)n1. The average molecular weight is 419 g/mol. The number of rotatable bonds is 3. The Kier molecular flexibility index (Phi) is 5.27. The monoisotopic (exact) mass is 417 g/mol. The van der Waals surface area contributed by atoms with E-state index in [-0.39, 0.29) is 11.6 Å². The van der Waals surface area contributed by atoms with Crippen LogP contribution in [0.2, 0.25) is 15.1 Å². The number of halogens is 6. The highest BCUT2D eigenvalue weighted by molar-refractivity contribution is 6.35. The van der Waals surface area contributed by atoms with Crippen molar-refractivity contribution in [2.75, 3.05) is 5.32 Å². The molecule has 0 spiro atoms. The molecule has 0 unspecified atom stereocenters. The number of aromatic nitrogens is 2. The topological polar surface area (TPSA) is 37.8 Å². The molecule has 9 heteroatoms. The van der Waals surface area contributed by atoms with Crippen LogP contribution in [0.4, 0.5) is 24.8 Å². The van der Waals surface area contributed by atoms with Crippen molar-refractivity contribution >= 4 is 46.4 Å². The molecule has 0 saturated heterocycles. The highest BCUT2D eigenvalue weighted by atomic mass is 35.5. The Balaban J connectivity index is 2.06. The summed E-state index contributed by atoms with van der Waals surface area (Å²) in [5, 5.41) is 3.81. The minimum atomic E-state index is -4.63. The maximum Gasteiger partial charge on any atom is 0.433 e. The van der Waals surface area contributed by atoms with Crippen molar-refractivity contribution in [3.63, 3.8) is 0 Å². The number of anilines is 2. The Hall–Kier alpha value is -2.02. The zero-order chi connectivity index (χ0) is 18.9. The number of nitrogens with one attached hydrogen (secondary N) is 1. The molecular weight excluding hydrogens is 410 g/mol. The fourth-order valence-electron chi connectivity index (χ4n) is 2.17. The molecule has 1 heterocycles. The van der Waals surface area contributed by atoms with E-state index >= 15 is 0 Å². The smallest absolute Gasteiger partial charge is 0.324 e. The van der Waals surface area contributed by atoms with Gasteiger partial charge in [-0.05, 0) is 36.4 Å². The van der Waals surface area contributed by atoms with Gasteiger partial charge in [-0.2, -0.15) is 13.2 Å². The quantitative estimate of drug-likeness (QED) is 0.504. The highest BCUT2D eigenvalue weighted by Crippen LogP contribution is 2.32. The van der Waals surface area contributed by atoms with Crippen LogP contribution in [0.3, 0.4) is 0 Å². The fraction of sp³-hybridized carbons (Fsp3) is 0.0588. The summed E-state index contributed by atoms with van der Waals surface area (Å²) >= 11 is 17.6. The van der Waals surface area contributed by atoms with Crippen molar-refractivity contribution in [3.05, 3.63) is 69.3 Å². The number of hydrogen-bond donors (Lipinski definition) is 1. The first-order valence-corrected chi connectivity index (χ1v) is 8.29. The molecule has 0 radical (unpaired) electrons. The number of nitrogens with zero attached hydrogens (tertiary/aromatic N) is 2. The first-order chi connectivity index (χ1) is 12.2. The minimum Gasteiger partial charge on any atom is -0.324 e. The van der Waals surface area contributed by atoms with E-state index in [1.807, 2.05) is 0 Å². The molecule has 3 nitrogen and oxygen atoms in total. The van der Waals surface area contributed by atoms with Crippen LogP contribution in [-0.4, -0.2) is 9.97 Å². The summed E-state index contributed by atoms with van der Waals surface area (Å²) in [5.74, 6) is -0.233. The summed E-state index contributed by atoms with van der Waals surface area (Å²) in [6, 6.07) is 11.7. The van der Waals surface area contributed by atoms with Crippen LogP contribution < -0.4 is 5.32 Å². The van der Waals surface area contributed by atoms with Crippen molar-refractivity contribution in [2.45, 2.75) is 6.18 Å². The molecule has 0 amide bonds. The van der Waals surface area contributed by atoms with Crippen molar-refractivity contribution in [1.82, 2.24) is 9.97 Å². The Morgan fingerprint density at radius 3 is 1.96 bits per heavy atom. The molecule has 0 saturated carbocycles. The van der Waals surface area contributed by atoms with Crippen LogP contribution in [-0.2, 0) is 6.18 Å². The van der Waals surface area contributed by atoms with Crippen LogP contribution in [0.5, 0.6) is 0 Å². The Bertz CT molecular complexity index is 924. The summed E-state index contributed by atoms with van der Waals surface area (Å²) in [4.78, 5) is 7.69. The van der Waals surface area contributed by atoms with Crippen LogP contribution >= 0.6 is 34.8 Å². The summed E-state index contributed by atoms with van der Waals surface area (Å²) in [7, 11) is 0. The maximum absolute atomic E-state index is 13.2. The third-order valence-corrected chi connectivity index (χ3v) is 3.96. The van der Waals surface area contributed by atoms with Crippen molar-refractivity contribution in [1.29, 1.82) is 0 Å². The summed E-state index contributed by atoms with van der Waals surface area (Å²) in [6.45, 7) is 0. The predicted molar refractivity (Wildman–Crippen MR) is 97.2 cm³/mol. The van der Waals surface area contributed by atoms with E-state index in [0.717, 1.165) is 6.07 Å². The van der Waals surface area contributed by atoms with Gasteiger partial charge in [0, 0.05) is 26.3 Å². The predicted octanol–water partition coefficient (Wildman–Crippen LogP) is 6.87. The van der Waals surface area contributed by atoms with Gasteiger partial charge in [0.25, 0.3) is 0 Å². The Morgan fingerprint density at radius 2 is 1.38 bits per heavy atom. The van der Waals surface area contributed by atoms with Gasteiger partial charge in [-0.1, -0.05) is 46.9 Å². The standard InChI is InChI=1S/C17H9Cl3F3N3/c18-10-3-1-9(2-4-10)14-8-15(17(21,22)23)26-16(25-14)24-13-6-11(19)5-12(20)7-13/h1-8H,(H,24,25,26). The van der Waals surface area contributed by atoms with Crippen LogP contribution in [0.1, 0.15) is 5.69 Å². The highest BCUT2D eigenvalue weighted by Gasteiger charge is 2.33. The van der Waals surface area contributed by atoms with Gasteiger partial charge in [-0.25, -0.2) is 9.97 Å². The van der Waals surface area contributed by atoms with Crippen molar-refractivity contribution in [3.8, 4) is 11.3 Å². The number of hydrogen-bond acceptors (Lipinski definition) is 3. The lowest BCUT2D eigenvalue weighted by molar-refractivity contribution is -0.141. The molecule has 0 aliphatic rings. The molecule has 26 heavy (non-hydrogen) atoms. The van der Waals surface area contributed by atoms with Crippen molar-refractivity contribution < 1.29 is 13.2 Å². The first kappa shape index (κ1) is 18.8. The molecule has 3 rings (SSSR count). The van der Waals surface area contributed by atoms with E-state index in [1.165, 1.54) is 18.2 Å². The molecule has 1 aromatic heterocycles. The first-order valence-electron chi connectivity index (χ1n) is 7.16. The van der Waals surface area contributed by atoms with Gasteiger partial charge in [0.15, 0.2) is 5.69 Å². The molecule has 3 aromatic rings. The average Bonchev–Trinajstić information content (AvgIpc) is 2.53. The Morgan fingerprint density at radius 1 is 0.769 bits per heavy atom. The van der Waals surface area contributed by atoms with Crippen LogP contribution in [0, 0.1) is 0 Å². The second kappa shape index (κ2) is 7.31. The number of benzene rings is 2. The van der Waals surface area contributed by atoms with Gasteiger partial charge in [0.2, 0.25) is 5.95 Å². The van der Waals surface area contributed by atoms with Crippen LogP contribution in [0.25, 0.3) is 11.3 Å². The molecular formula is C17H9Cl3F3N3. The summed E-state index contributed by atoms with van der Waals surface area (Å²) in [5.41, 5.74) is -0.147. The summed E-state index contributed by atoms with van der Waals surface area (Å²) in [6.07, 6.45) is -4.63. The minimum absolute atomic E-state index is 0.0969. The zero-order valence-electron chi connectivity index (χ0n) is 12.8. The van der Waals surface area contributed by atoms with E-state index in [4.69, 9.17) is 34.8 Å². The van der Waals surface area contributed by atoms with Gasteiger partial charge < -0.3 is 5.32 Å². The van der Waals surface area contributed by atoms with E-state index in [2.05, 4.69) is 15.3 Å². The molecule has 0 fully saturated rings. The Labute approximate surface area is 161 Å². The van der Waals surface area contributed by atoms with Gasteiger partial charge >= 0.3 is 6.18 Å². The third-order valence-electron chi connectivity index (χ3n) is 3.28. The van der Waals surface area contributed by atoms with E-state index in [1.54, 1.807) is 24.3 Å². The zero-order valence-corrected chi connectivity index (χ0v) is 15.0. The van der Waals surface area contributed by atoms with Gasteiger partial charge in [0.05, 0.1) is 5.69 Å². The normalized spacial score (nSPS) is 11.5. The van der Waals surface area contributed by atoms with E-state index < -0.39 is 11.9 Å². The lowest BCUT2D eigenvalue weighted by Gasteiger charge is -2.12. The van der Waals surface area contributed by atoms with E-state index in [0.29, 0.717) is 26.3 Å². The molecule has 0 aliphatic heterocycles. The van der Waals surface area contributed by atoms with E-state index in [9.17, 15) is 13.2 Å². The maximum atomic E-state index is 13.2. The molecule has 0 aliphatic carbocycles. The van der Waals surface area contributed by atoms with Crippen molar-refractivity contribution in [2.24, 2.45) is 0 Å². The second-order valence-electron chi connectivity index (χ2n) is 5.25. The lowest BCUT2D eigenvalue weighted by Crippen LogP contribution is -2.11. The lowest BCUT2D eigenvalue weighted by atomic mass is 10.1. The third kappa shape index (κ3) is 4.58. The number of alkyl halides is 3. The van der Waals surface area contributed by atoms with Gasteiger partial charge in [0.1, 0.15) is 0 Å². The molecule has 2 aromatic carbocycles. The summed E-state index contributed by atoms with van der Waals surface area (Å²) < 4.78 is 39.6. The largest absolute Gasteiger partial charge is 0.433 e.